The van der Waals surface area contributed by atoms with Crippen LogP contribution in [-0.4, -0.2) is 30.1 Å². The molecule has 0 amide bonds. The van der Waals surface area contributed by atoms with Gasteiger partial charge in [0.2, 0.25) is 10.0 Å². The lowest BCUT2D eigenvalue weighted by atomic mass is 9.92. The lowest BCUT2D eigenvalue weighted by Gasteiger charge is -2.19. The molecule has 1 atom stereocenters. The second kappa shape index (κ2) is 8.02. The van der Waals surface area contributed by atoms with E-state index >= 15 is 0 Å². The first-order valence-electron chi connectivity index (χ1n) is 8.83. The van der Waals surface area contributed by atoms with Crippen LogP contribution in [0, 0.1) is 20.8 Å². The molecule has 0 aliphatic rings. The fourth-order valence-electron chi connectivity index (χ4n) is 3.17. The summed E-state index contributed by atoms with van der Waals surface area (Å²) in [5, 5.41) is 6.72. The van der Waals surface area contributed by atoms with Crippen LogP contribution in [0.1, 0.15) is 34.0 Å². The minimum absolute atomic E-state index is 0.00270. The van der Waals surface area contributed by atoms with Crippen LogP contribution >= 0.6 is 0 Å². The molecule has 2 heterocycles. The number of pyridine rings is 1. The van der Waals surface area contributed by atoms with Gasteiger partial charge in [0, 0.05) is 24.9 Å². The fraction of sp³-hybridized carbons (Fsp3) is 0.300. The van der Waals surface area contributed by atoms with E-state index in [4.69, 9.17) is 0 Å². The van der Waals surface area contributed by atoms with Crippen molar-refractivity contribution in [3.05, 3.63) is 76.9 Å². The van der Waals surface area contributed by atoms with Gasteiger partial charge >= 0.3 is 0 Å². The number of aryl methyl sites for hydroxylation is 3. The highest BCUT2D eigenvalue weighted by molar-refractivity contribution is 7.89. The molecule has 27 heavy (non-hydrogen) atoms. The van der Waals surface area contributed by atoms with Crippen LogP contribution in [-0.2, 0) is 16.4 Å². The zero-order valence-corrected chi connectivity index (χ0v) is 16.5. The highest BCUT2D eigenvalue weighted by Crippen LogP contribution is 2.23. The Morgan fingerprint density at radius 3 is 2.44 bits per heavy atom. The lowest BCUT2D eigenvalue weighted by molar-refractivity contribution is 0.567. The summed E-state index contributed by atoms with van der Waals surface area (Å²) in [4.78, 5) is 4.40. The van der Waals surface area contributed by atoms with Gasteiger partial charge in [0.05, 0.1) is 11.4 Å². The molecule has 7 heteroatoms. The van der Waals surface area contributed by atoms with E-state index in [1.54, 1.807) is 20.0 Å². The summed E-state index contributed by atoms with van der Waals surface area (Å²) in [5.41, 5.74) is 4.34. The van der Waals surface area contributed by atoms with Crippen molar-refractivity contribution in [3.63, 3.8) is 0 Å². The Kier molecular flexibility index (Phi) is 5.72. The average molecular weight is 385 g/mol. The number of hydrogen-bond donors (Lipinski definition) is 2. The summed E-state index contributed by atoms with van der Waals surface area (Å²) < 4.78 is 28.4. The highest BCUT2D eigenvalue weighted by Gasteiger charge is 2.24. The Bertz CT molecular complexity index is 977. The second-order valence-electron chi connectivity index (χ2n) is 6.79. The Labute approximate surface area is 160 Å². The van der Waals surface area contributed by atoms with E-state index < -0.39 is 10.0 Å². The molecule has 1 aromatic carbocycles. The average Bonchev–Trinajstić information content (AvgIpc) is 2.99. The van der Waals surface area contributed by atoms with Gasteiger partial charge in [-0.25, -0.2) is 13.1 Å². The Balaban J connectivity index is 1.84. The van der Waals surface area contributed by atoms with Gasteiger partial charge in [-0.1, -0.05) is 35.9 Å². The van der Waals surface area contributed by atoms with Crippen LogP contribution < -0.4 is 4.72 Å². The number of hydrogen-bond acceptors (Lipinski definition) is 4. The molecule has 3 rings (SSSR count). The maximum Gasteiger partial charge on any atom is 0.244 e. The third-order valence-electron chi connectivity index (χ3n) is 4.60. The molecule has 142 valence electrons. The summed E-state index contributed by atoms with van der Waals surface area (Å²) in [6.07, 6.45) is 4.25. The molecule has 2 N–H and O–H groups in total. The highest BCUT2D eigenvalue weighted by atomic mass is 32.2. The van der Waals surface area contributed by atoms with E-state index in [0.29, 0.717) is 24.4 Å². The number of sulfonamides is 1. The zero-order valence-electron chi connectivity index (χ0n) is 15.7. The zero-order chi connectivity index (χ0) is 19.4. The van der Waals surface area contributed by atoms with Crippen molar-refractivity contribution in [3.8, 4) is 0 Å². The van der Waals surface area contributed by atoms with Crippen molar-refractivity contribution in [2.75, 3.05) is 6.54 Å². The van der Waals surface area contributed by atoms with Crippen molar-refractivity contribution in [2.45, 2.75) is 38.0 Å². The van der Waals surface area contributed by atoms with E-state index in [2.05, 4.69) is 32.0 Å². The Morgan fingerprint density at radius 1 is 1.11 bits per heavy atom. The molecule has 0 radical (unpaired) electrons. The molecular weight excluding hydrogens is 360 g/mol. The summed E-state index contributed by atoms with van der Waals surface area (Å²) >= 11 is 0. The SMILES string of the molecule is Cc1ccc(C(CNS(=O)(=O)c2c(C)n[nH]c2C)Cc2cccnc2)cc1. The summed E-state index contributed by atoms with van der Waals surface area (Å²) in [6, 6.07) is 12.1. The van der Waals surface area contributed by atoms with Gasteiger partial charge in [-0.3, -0.25) is 10.1 Å². The first kappa shape index (κ1) is 19.3. The lowest BCUT2D eigenvalue weighted by Crippen LogP contribution is -2.30. The number of benzene rings is 1. The van der Waals surface area contributed by atoms with Crippen molar-refractivity contribution in [1.29, 1.82) is 0 Å². The quantitative estimate of drug-likeness (QED) is 0.655. The van der Waals surface area contributed by atoms with Gasteiger partial charge in [0.15, 0.2) is 0 Å². The van der Waals surface area contributed by atoms with Gasteiger partial charge in [-0.2, -0.15) is 5.10 Å². The first-order valence-corrected chi connectivity index (χ1v) is 10.3. The Hall–Kier alpha value is -2.51. The predicted octanol–water partition coefficient (Wildman–Crippen LogP) is 3.03. The number of aromatic nitrogens is 3. The standard InChI is InChI=1S/C20H24N4O2S/c1-14-6-8-18(9-7-14)19(11-17-5-4-10-21-12-17)13-22-27(25,26)20-15(2)23-24-16(20)3/h4-10,12,19,22H,11,13H2,1-3H3,(H,23,24). The number of nitrogens with one attached hydrogen (secondary N) is 2. The van der Waals surface area contributed by atoms with Crippen molar-refractivity contribution >= 4 is 10.0 Å². The fourth-order valence-corrected chi connectivity index (χ4v) is 4.62. The number of rotatable bonds is 7. The molecule has 6 nitrogen and oxygen atoms in total. The molecule has 1 unspecified atom stereocenters. The number of H-pyrrole nitrogens is 1. The molecule has 0 saturated heterocycles. The third kappa shape index (κ3) is 4.61. The minimum atomic E-state index is -3.64. The first-order chi connectivity index (χ1) is 12.9. The van der Waals surface area contributed by atoms with Gasteiger partial charge in [-0.15, -0.1) is 0 Å². The smallest absolute Gasteiger partial charge is 0.244 e. The molecule has 3 aromatic rings. The maximum atomic E-state index is 12.8. The molecule has 2 aromatic heterocycles. The van der Waals surface area contributed by atoms with E-state index in [-0.39, 0.29) is 10.8 Å². The van der Waals surface area contributed by atoms with Gasteiger partial charge in [0.1, 0.15) is 4.90 Å². The molecule has 0 bridgehead atoms. The van der Waals surface area contributed by atoms with Crippen LogP contribution in [0.4, 0.5) is 0 Å². The molecular formula is C20H24N4O2S. The van der Waals surface area contributed by atoms with Crippen molar-refractivity contribution < 1.29 is 8.42 Å². The van der Waals surface area contributed by atoms with Crippen LogP contribution in [0.2, 0.25) is 0 Å². The van der Waals surface area contributed by atoms with Gasteiger partial charge < -0.3 is 0 Å². The van der Waals surface area contributed by atoms with Crippen molar-refractivity contribution in [2.24, 2.45) is 0 Å². The van der Waals surface area contributed by atoms with Crippen molar-refractivity contribution in [1.82, 2.24) is 19.9 Å². The topological polar surface area (TPSA) is 87.7 Å². The Morgan fingerprint density at radius 2 is 1.85 bits per heavy atom. The minimum Gasteiger partial charge on any atom is -0.281 e. The predicted molar refractivity (Wildman–Crippen MR) is 105 cm³/mol. The third-order valence-corrected chi connectivity index (χ3v) is 6.29. The summed E-state index contributed by atoms with van der Waals surface area (Å²) in [6.45, 7) is 5.73. The number of aromatic amines is 1. The molecule has 0 spiro atoms. The normalized spacial score (nSPS) is 12.9. The molecule has 0 saturated carbocycles. The maximum absolute atomic E-state index is 12.8. The molecule has 0 aliphatic carbocycles. The van der Waals surface area contributed by atoms with Crippen LogP contribution in [0.5, 0.6) is 0 Å². The van der Waals surface area contributed by atoms with E-state index in [1.165, 1.54) is 5.56 Å². The van der Waals surface area contributed by atoms with Crippen LogP contribution in [0.25, 0.3) is 0 Å². The monoisotopic (exact) mass is 384 g/mol. The summed E-state index contributed by atoms with van der Waals surface area (Å²) in [7, 11) is -3.64. The van der Waals surface area contributed by atoms with Crippen LogP contribution in [0.15, 0.2) is 53.7 Å². The van der Waals surface area contributed by atoms with E-state index in [9.17, 15) is 8.42 Å². The van der Waals surface area contributed by atoms with Gasteiger partial charge in [0.25, 0.3) is 0 Å². The van der Waals surface area contributed by atoms with Gasteiger partial charge in [-0.05, 0) is 44.4 Å². The van der Waals surface area contributed by atoms with Crippen LogP contribution in [0.3, 0.4) is 0 Å². The largest absolute Gasteiger partial charge is 0.281 e. The van der Waals surface area contributed by atoms with E-state index in [1.807, 2.05) is 37.4 Å². The second-order valence-corrected chi connectivity index (χ2v) is 8.49. The van der Waals surface area contributed by atoms with E-state index in [0.717, 1.165) is 11.1 Å². The molecule has 0 aliphatic heterocycles. The summed E-state index contributed by atoms with van der Waals surface area (Å²) in [5.74, 6) is -0.00270. The number of nitrogens with zero attached hydrogens (tertiary/aromatic N) is 2. The molecule has 0 fully saturated rings.